The number of amides is 2. The lowest BCUT2D eigenvalue weighted by molar-refractivity contribution is -0.143. The van der Waals surface area contributed by atoms with Gasteiger partial charge < -0.3 is 15.1 Å². The number of nitrogens with one attached hydrogen (secondary N) is 1. The Bertz CT molecular complexity index is 1050. The summed E-state index contributed by atoms with van der Waals surface area (Å²) in [6.07, 6.45) is 3.52. The van der Waals surface area contributed by atoms with Crippen LogP contribution in [0.25, 0.3) is 0 Å². The van der Waals surface area contributed by atoms with Crippen LogP contribution >= 0.6 is 0 Å². The summed E-state index contributed by atoms with van der Waals surface area (Å²) < 4.78 is 0. The van der Waals surface area contributed by atoms with Crippen LogP contribution in [0.5, 0.6) is 0 Å². The maximum Gasteiger partial charge on any atom is 0.267 e. The molecule has 1 saturated heterocycles. The van der Waals surface area contributed by atoms with Crippen molar-refractivity contribution in [3.05, 3.63) is 71.3 Å². The smallest absolute Gasteiger partial charge is 0.267 e. The Labute approximate surface area is 202 Å². The third-order valence-corrected chi connectivity index (χ3v) is 6.56. The number of carbonyl (C=O) groups excluding carboxylic acids is 2. The van der Waals surface area contributed by atoms with Crippen LogP contribution in [0.4, 0.5) is 0 Å². The van der Waals surface area contributed by atoms with Crippen molar-refractivity contribution in [3.63, 3.8) is 0 Å². The van der Waals surface area contributed by atoms with Gasteiger partial charge in [-0.3, -0.25) is 9.59 Å². The highest BCUT2D eigenvalue weighted by Crippen LogP contribution is 2.28. The molecule has 0 saturated carbocycles. The Hall–Kier alpha value is -3.15. The minimum Gasteiger partial charge on any atom is -0.379 e. The van der Waals surface area contributed by atoms with Crippen LogP contribution in [-0.2, 0) is 16.1 Å². The summed E-state index contributed by atoms with van der Waals surface area (Å²) in [6.45, 7) is 9.15. The third kappa shape index (κ3) is 5.66. The minimum absolute atomic E-state index is 0.0729. The molecule has 2 aromatic rings. The van der Waals surface area contributed by atoms with E-state index in [2.05, 4.69) is 34.7 Å². The first kappa shape index (κ1) is 24.0. The number of rotatable bonds is 5. The van der Waals surface area contributed by atoms with Crippen LogP contribution < -0.4 is 5.32 Å². The monoisotopic (exact) mass is 461 g/mol. The Morgan fingerprint density at radius 2 is 1.71 bits per heavy atom. The van der Waals surface area contributed by atoms with Gasteiger partial charge in [0.15, 0.2) is 0 Å². The van der Waals surface area contributed by atoms with Gasteiger partial charge in [-0.25, -0.2) is 0 Å². The highest BCUT2D eigenvalue weighted by atomic mass is 16.7. The second-order valence-corrected chi connectivity index (χ2v) is 10.7. The minimum atomic E-state index is -1.03. The van der Waals surface area contributed by atoms with Crippen LogP contribution in [0.15, 0.2) is 59.8 Å². The molecule has 1 fully saturated rings. The summed E-state index contributed by atoms with van der Waals surface area (Å²) in [5.41, 5.74) is 2.26. The molecular formula is C28H35N3O3. The first-order chi connectivity index (χ1) is 16.1. The fourth-order valence-corrected chi connectivity index (χ4v) is 4.56. The van der Waals surface area contributed by atoms with Crippen molar-refractivity contribution in [2.45, 2.75) is 64.5 Å². The van der Waals surface area contributed by atoms with Gasteiger partial charge in [-0.15, -0.1) is 0 Å². The molecule has 0 bridgehead atoms. The highest BCUT2D eigenvalue weighted by Gasteiger charge is 2.43. The number of hydrogen-bond donors (Lipinski definition) is 1. The van der Waals surface area contributed by atoms with Crippen molar-refractivity contribution >= 4 is 17.5 Å². The largest absolute Gasteiger partial charge is 0.379 e. The van der Waals surface area contributed by atoms with E-state index in [9.17, 15) is 9.59 Å². The summed E-state index contributed by atoms with van der Waals surface area (Å²) >= 11 is 0. The average Bonchev–Trinajstić information content (AvgIpc) is 3.22. The molecule has 2 aliphatic rings. The summed E-state index contributed by atoms with van der Waals surface area (Å²) in [6, 6.07) is 18.1. The molecule has 6 heteroatoms. The van der Waals surface area contributed by atoms with Crippen molar-refractivity contribution in [3.8, 4) is 0 Å². The number of benzene rings is 2. The van der Waals surface area contributed by atoms with Gasteiger partial charge in [0, 0.05) is 30.6 Å². The van der Waals surface area contributed by atoms with Crippen LogP contribution in [0.2, 0.25) is 0 Å². The predicted octanol–water partition coefficient (Wildman–Crippen LogP) is 4.58. The number of oxime groups is 1. The highest BCUT2D eigenvalue weighted by molar-refractivity contribution is 6.06. The summed E-state index contributed by atoms with van der Waals surface area (Å²) in [5.74, 6) is 0.518. The lowest BCUT2D eigenvalue weighted by Crippen LogP contribution is -2.51. The second kappa shape index (κ2) is 9.61. The zero-order chi connectivity index (χ0) is 24.3. The van der Waals surface area contributed by atoms with Crippen LogP contribution in [0.1, 0.15) is 68.4 Å². The third-order valence-electron chi connectivity index (χ3n) is 6.56. The van der Waals surface area contributed by atoms with Crippen LogP contribution in [-0.4, -0.2) is 46.7 Å². The van der Waals surface area contributed by atoms with Gasteiger partial charge in [0.25, 0.3) is 11.8 Å². The fourth-order valence-electron chi connectivity index (χ4n) is 4.56. The Morgan fingerprint density at radius 1 is 1.06 bits per heavy atom. The Kier molecular flexibility index (Phi) is 6.78. The van der Waals surface area contributed by atoms with E-state index >= 15 is 0 Å². The van der Waals surface area contributed by atoms with E-state index in [4.69, 9.17) is 4.84 Å². The van der Waals surface area contributed by atoms with E-state index in [0.29, 0.717) is 23.6 Å². The normalized spacial score (nSPS) is 21.1. The first-order valence-electron chi connectivity index (χ1n) is 12.1. The fraction of sp³-hybridized carbons (Fsp3) is 0.464. The van der Waals surface area contributed by atoms with Crippen molar-refractivity contribution in [2.24, 2.45) is 11.1 Å². The molecule has 2 amide bonds. The Balaban J connectivity index is 1.32. The maximum atomic E-state index is 13.0. The molecule has 1 unspecified atom stereocenters. The zero-order valence-corrected chi connectivity index (χ0v) is 20.6. The SMILES string of the molecule is CC(C)(C)NC(=O)C1(C)CC(c2ccc(C(=O)N3CCC(Cc4ccccc4)CC3)cc2)=NO1. The Morgan fingerprint density at radius 3 is 2.32 bits per heavy atom. The van der Waals surface area contributed by atoms with E-state index in [1.807, 2.05) is 56.0 Å². The van der Waals surface area contributed by atoms with Crippen molar-refractivity contribution in [1.82, 2.24) is 10.2 Å². The summed E-state index contributed by atoms with van der Waals surface area (Å²) in [4.78, 5) is 33.2. The lowest BCUT2D eigenvalue weighted by atomic mass is 9.90. The molecule has 1 N–H and O–H groups in total. The van der Waals surface area contributed by atoms with Crippen molar-refractivity contribution < 1.29 is 14.4 Å². The van der Waals surface area contributed by atoms with E-state index in [-0.39, 0.29) is 17.4 Å². The van der Waals surface area contributed by atoms with Gasteiger partial charge in [0.2, 0.25) is 5.60 Å². The zero-order valence-electron chi connectivity index (χ0n) is 20.6. The van der Waals surface area contributed by atoms with Gasteiger partial charge in [0.05, 0.1) is 5.71 Å². The maximum absolute atomic E-state index is 13.0. The quantitative estimate of drug-likeness (QED) is 0.709. The lowest BCUT2D eigenvalue weighted by Gasteiger charge is -2.32. The van der Waals surface area contributed by atoms with Crippen LogP contribution in [0.3, 0.4) is 0 Å². The second-order valence-electron chi connectivity index (χ2n) is 10.7. The average molecular weight is 462 g/mol. The van der Waals surface area contributed by atoms with Gasteiger partial charge in [0.1, 0.15) is 0 Å². The molecule has 0 radical (unpaired) electrons. The van der Waals surface area contributed by atoms with Gasteiger partial charge in [-0.2, -0.15) is 0 Å². The molecular weight excluding hydrogens is 426 g/mol. The molecule has 4 rings (SSSR count). The topological polar surface area (TPSA) is 71.0 Å². The molecule has 0 aliphatic carbocycles. The molecule has 1 atom stereocenters. The van der Waals surface area contributed by atoms with Gasteiger partial charge >= 0.3 is 0 Å². The van der Waals surface area contributed by atoms with Crippen molar-refractivity contribution in [2.75, 3.05) is 13.1 Å². The number of piperidine rings is 1. The van der Waals surface area contributed by atoms with E-state index < -0.39 is 5.60 Å². The van der Waals surface area contributed by atoms with Crippen LogP contribution in [0, 0.1) is 5.92 Å². The number of carbonyl (C=O) groups is 2. The van der Waals surface area contributed by atoms with Crippen molar-refractivity contribution in [1.29, 1.82) is 0 Å². The molecule has 0 aromatic heterocycles. The molecule has 0 spiro atoms. The molecule has 6 nitrogen and oxygen atoms in total. The molecule has 180 valence electrons. The number of likely N-dealkylation sites (tertiary alicyclic amines) is 1. The molecule has 34 heavy (non-hydrogen) atoms. The van der Waals surface area contributed by atoms with E-state index in [0.717, 1.165) is 37.9 Å². The van der Waals surface area contributed by atoms with Gasteiger partial charge in [-0.05, 0) is 76.1 Å². The molecule has 2 aromatic carbocycles. The van der Waals surface area contributed by atoms with E-state index in [1.165, 1.54) is 5.56 Å². The summed E-state index contributed by atoms with van der Waals surface area (Å²) in [5, 5.41) is 7.14. The number of hydrogen-bond acceptors (Lipinski definition) is 4. The van der Waals surface area contributed by atoms with E-state index in [1.54, 1.807) is 6.92 Å². The standard InChI is InChI=1S/C28H35N3O3/c1-27(2,3)29-26(33)28(4)19-24(30-34-28)22-10-12-23(13-11-22)25(32)31-16-14-21(15-17-31)18-20-8-6-5-7-9-20/h5-13,21H,14-19H2,1-4H3,(H,29,33). The summed E-state index contributed by atoms with van der Waals surface area (Å²) in [7, 11) is 0. The first-order valence-corrected chi connectivity index (χ1v) is 12.1. The number of nitrogens with zero attached hydrogens (tertiary/aromatic N) is 2. The molecule has 2 heterocycles. The molecule has 2 aliphatic heterocycles. The predicted molar refractivity (Wildman–Crippen MR) is 134 cm³/mol. The van der Waals surface area contributed by atoms with Gasteiger partial charge in [-0.1, -0.05) is 47.6 Å².